The molecule has 9 aromatic carbocycles. The van der Waals surface area contributed by atoms with Crippen molar-refractivity contribution in [3.63, 3.8) is 0 Å². The molecule has 0 fully saturated rings. The lowest BCUT2D eigenvalue weighted by Gasteiger charge is -2.16. The van der Waals surface area contributed by atoms with Gasteiger partial charge in [-0.2, -0.15) is 0 Å². The molecule has 0 atom stereocenters. The molecule has 10 aromatic rings. The molecule has 10 rings (SSSR count). The lowest BCUT2D eigenvalue weighted by atomic mass is 9.88. The summed E-state index contributed by atoms with van der Waals surface area (Å²) in [5.74, 6) is 0. The number of aryl methyl sites for hydroxylation is 1. The highest BCUT2D eigenvalue weighted by molar-refractivity contribution is 6.21. The molecule has 1 heterocycles. The minimum absolute atomic E-state index is 1.18. The second-order valence-electron chi connectivity index (χ2n) is 13.6. The maximum atomic E-state index is 4.15. The lowest BCUT2D eigenvalue weighted by molar-refractivity contribution is 1.33. The van der Waals surface area contributed by atoms with Crippen LogP contribution in [0.2, 0.25) is 0 Å². The molecule has 0 bridgehead atoms. The van der Waals surface area contributed by atoms with Crippen molar-refractivity contribution in [2.24, 2.45) is 0 Å². The summed E-state index contributed by atoms with van der Waals surface area (Å²) in [5.41, 5.74) is 11.1. The van der Waals surface area contributed by atoms with E-state index in [4.69, 9.17) is 0 Å². The van der Waals surface area contributed by atoms with Gasteiger partial charge in [0.15, 0.2) is 0 Å². The number of rotatable bonds is 4. The molecule has 0 aliphatic heterocycles. The van der Waals surface area contributed by atoms with Crippen LogP contribution in [-0.4, -0.2) is 4.98 Å². The molecule has 51 heavy (non-hydrogen) atoms. The Balaban J connectivity index is 1.05. The Morgan fingerprint density at radius 1 is 0.314 bits per heavy atom. The van der Waals surface area contributed by atoms with Crippen LogP contribution < -0.4 is 0 Å². The first-order valence-corrected chi connectivity index (χ1v) is 17.6. The van der Waals surface area contributed by atoms with Gasteiger partial charge in [-0.15, -0.1) is 0 Å². The third-order valence-corrected chi connectivity index (χ3v) is 10.6. The average Bonchev–Trinajstić information content (AvgIpc) is 3.20. The summed E-state index contributed by atoms with van der Waals surface area (Å²) in [4.78, 5) is 4.15. The number of hydrogen-bond acceptors (Lipinski definition) is 1. The normalized spacial score (nSPS) is 11.6. The maximum absolute atomic E-state index is 4.15. The van der Waals surface area contributed by atoms with E-state index in [1.165, 1.54) is 104 Å². The number of pyridine rings is 1. The predicted octanol–water partition coefficient (Wildman–Crippen LogP) is 13.8. The summed E-state index contributed by atoms with van der Waals surface area (Å²) >= 11 is 0. The Morgan fingerprint density at radius 3 is 1.41 bits per heavy atom. The van der Waals surface area contributed by atoms with Crippen LogP contribution in [0.25, 0.3) is 98.4 Å². The van der Waals surface area contributed by atoms with Crippen LogP contribution in [0.4, 0.5) is 0 Å². The van der Waals surface area contributed by atoms with Crippen LogP contribution in [-0.2, 0) is 0 Å². The maximum Gasteiger partial charge on any atom is 0.0273 e. The van der Waals surface area contributed by atoms with E-state index in [2.05, 4.69) is 170 Å². The number of nitrogens with zero attached hydrogens (tertiary/aromatic N) is 1. The largest absolute Gasteiger partial charge is 0.265 e. The van der Waals surface area contributed by atoms with Crippen molar-refractivity contribution in [2.75, 3.05) is 0 Å². The first-order valence-electron chi connectivity index (χ1n) is 17.6. The molecule has 0 spiro atoms. The Morgan fingerprint density at radius 2 is 0.745 bits per heavy atom. The minimum atomic E-state index is 1.18. The predicted molar refractivity (Wildman–Crippen MR) is 218 cm³/mol. The van der Waals surface area contributed by atoms with E-state index in [-0.39, 0.29) is 0 Å². The monoisotopic (exact) mass is 647 g/mol. The molecule has 1 nitrogen and oxygen atoms in total. The zero-order chi connectivity index (χ0) is 33.9. The smallest absolute Gasteiger partial charge is 0.0273 e. The standard InChI is InChI=1S/C50H33N/c1-32-5-2-6-36-15-16-38-8-4-10-47(50(38)48(32)36)46-9-3-7-37-17-22-44-31-43(23-24-45(44)49(37)46)42-21-20-40-29-39(18-19-41(40)30-42)34-13-11-33(12-14-34)35-25-27-51-28-26-35/h2-31H,1H3. The summed E-state index contributed by atoms with van der Waals surface area (Å²) in [6.45, 7) is 2.23. The lowest BCUT2D eigenvalue weighted by Crippen LogP contribution is -1.89. The van der Waals surface area contributed by atoms with Crippen LogP contribution >= 0.6 is 0 Å². The van der Waals surface area contributed by atoms with Gasteiger partial charge in [0, 0.05) is 12.4 Å². The Bertz CT molecular complexity index is 2960. The summed E-state index contributed by atoms with van der Waals surface area (Å²) in [6, 6.07) is 62.7. The van der Waals surface area contributed by atoms with E-state index in [9.17, 15) is 0 Å². The molecule has 238 valence electrons. The van der Waals surface area contributed by atoms with Crippen molar-refractivity contribution in [1.82, 2.24) is 4.98 Å². The van der Waals surface area contributed by atoms with Crippen molar-refractivity contribution >= 4 is 53.9 Å². The average molecular weight is 648 g/mol. The van der Waals surface area contributed by atoms with Gasteiger partial charge in [-0.1, -0.05) is 140 Å². The van der Waals surface area contributed by atoms with Gasteiger partial charge < -0.3 is 0 Å². The second kappa shape index (κ2) is 11.8. The molecule has 0 N–H and O–H groups in total. The molecule has 0 radical (unpaired) electrons. The first kappa shape index (κ1) is 29.4. The minimum Gasteiger partial charge on any atom is -0.265 e. The topological polar surface area (TPSA) is 12.9 Å². The summed E-state index contributed by atoms with van der Waals surface area (Å²) < 4.78 is 0. The number of benzene rings is 9. The summed E-state index contributed by atoms with van der Waals surface area (Å²) in [7, 11) is 0. The molecule has 0 saturated heterocycles. The zero-order valence-corrected chi connectivity index (χ0v) is 28.3. The van der Waals surface area contributed by atoms with E-state index in [0.717, 1.165) is 0 Å². The third-order valence-electron chi connectivity index (χ3n) is 10.6. The molecule has 0 aliphatic rings. The van der Waals surface area contributed by atoms with Gasteiger partial charge in [-0.3, -0.25) is 4.98 Å². The van der Waals surface area contributed by atoms with Crippen LogP contribution in [0.1, 0.15) is 5.56 Å². The second-order valence-corrected chi connectivity index (χ2v) is 13.6. The SMILES string of the molecule is Cc1cccc2ccc3cccc(-c4cccc5ccc6cc(-c7ccc8cc(-c9ccc(-c%10ccncc%10)cc9)ccc8c7)ccc6c45)c3c12. The highest BCUT2D eigenvalue weighted by atomic mass is 14.6. The molecular weight excluding hydrogens is 615 g/mol. The van der Waals surface area contributed by atoms with Gasteiger partial charge in [0.2, 0.25) is 0 Å². The van der Waals surface area contributed by atoms with Crippen molar-refractivity contribution < 1.29 is 0 Å². The highest BCUT2D eigenvalue weighted by Gasteiger charge is 2.14. The van der Waals surface area contributed by atoms with Gasteiger partial charge in [0.05, 0.1) is 0 Å². The summed E-state index contributed by atoms with van der Waals surface area (Å²) in [6.07, 6.45) is 3.68. The third kappa shape index (κ3) is 4.97. The molecule has 0 amide bonds. The van der Waals surface area contributed by atoms with E-state index in [1.54, 1.807) is 0 Å². The fourth-order valence-corrected chi connectivity index (χ4v) is 8.09. The fourth-order valence-electron chi connectivity index (χ4n) is 8.09. The molecular formula is C50H33N. The summed E-state index contributed by atoms with van der Waals surface area (Å²) in [5, 5.41) is 12.8. The van der Waals surface area contributed by atoms with Gasteiger partial charge in [0.1, 0.15) is 0 Å². The zero-order valence-electron chi connectivity index (χ0n) is 28.3. The number of aromatic nitrogens is 1. The number of hydrogen-bond donors (Lipinski definition) is 0. The first-order chi connectivity index (χ1) is 25.2. The van der Waals surface area contributed by atoms with Crippen LogP contribution in [0.5, 0.6) is 0 Å². The molecule has 0 aliphatic carbocycles. The Hall–Kier alpha value is -6.57. The van der Waals surface area contributed by atoms with Gasteiger partial charge in [-0.25, -0.2) is 0 Å². The van der Waals surface area contributed by atoms with E-state index in [1.807, 2.05) is 24.5 Å². The fraction of sp³-hybridized carbons (Fsp3) is 0.0200. The van der Waals surface area contributed by atoms with Crippen LogP contribution in [0, 0.1) is 6.92 Å². The van der Waals surface area contributed by atoms with E-state index < -0.39 is 0 Å². The van der Waals surface area contributed by atoms with Crippen molar-refractivity contribution in [3.8, 4) is 44.5 Å². The van der Waals surface area contributed by atoms with Gasteiger partial charge in [-0.05, 0) is 141 Å². The van der Waals surface area contributed by atoms with Crippen LogP contribution in [0.15, 0.2) is 182 Å². The number of fused-ring (bicyclic) bond motifs is 7. The van der Waals surface area contributed by atoms with Gasteiger partial charge in [0.25, 0.3) is 0 Å². The molecule has 0 unspecified atom stereocenters. The van der Waals surface area contributed by atoms with E-state index >= 15 is 0 Å². The molecule has 0 saturated carbocycles. The van der Waals surface area contributed by atoms with Crippen molar-refractivity contribution in [3.05, 3.63) is 188 Å². The van der Waals surface area contributed by atoms with Crippen LogP contribution in [0.3, 0.4) is 0 Å². The van der Waals surface area contributed by atoms with Gasteiger partial charge >= 0.3 is 0 Å². The van der Waals surface area contributed by atoms with Crippen molar-refractivity contribution in [2.45, 2.75) is 6.92 Å². The van der Waals surface area contributed by atoms with Crippen molar-refractivity contribution in [1.29, 1.82) is 0 Å². The Labute approximate surface area is 297 Å². The Kier molecular flexibility index (Phi) is 6.79. The molecule has 1 aromatic heterocycles. The molecule has 1 heteroatoms. The highest BCUT2D eigenvalue weighted by Crippen LogP contribution is 2.41. The van der Waals surface area contributed by atoms with E-state index in [0.29, 0.717) is 0 Å². The quantitative estimate of drug-likeness (QED) is 0.173.